The summed E-state index contributed by atoms with van der Waals surface area (Å²) in [5.41, 5.74) is 0. The molecule has 0 bridgehead atoms. The Morgan fingerprint density at radius 3 is 2.67 bits per heavy atom. The van der Waals surface area contributed by atoms with E-state index in [9.17, 15) is 0 Å². The molecule has 0 unspecified atom stereocenters. The predicted octanol–water partition coefficient (Wildman–Crippen LogP) is 2.58. The highest BCUT2D eigenvalue weighted by molar-refractivity contribution is 4.81. The van der Waals surface area contributed by atoms with Crippen LogP contribution in [0.5, 0.6) is 0 Å². The van der Waals surface area contributed by atoms with Crippen LogP contribution in [0.1, 0.15) is 46.0 Å². The predicted molar refractivity (Wildman–Crippen MR) is 62.9 cm³/mol. The lowest BCUT2D eigenvalue weighted by Crippen LogP contribution is -2.39. The van der Waals surface area contributed by atoms with E-state index in [4.69, 9.17) is 4.74 Å². The third-order valence-corrected chi connectivity index (χ3v) is 4.26. The molecule has 0 amide bonds. The van der Waals surface area contributed by atoms with Crippen molar-refractivity contribution in [3.05, 3.63) is 0 Å². The Labute approximate surface area is 93.8 Å². The van der Waals surface area contributed by atoms with E-state index in [1.807, 2.05) is 0 Å². The summed E-state index contributed by atoms with van der Waals surface area (Å²) < 4.78 is 5.63. The van der Waals surface area contributed by atoms with Crippen LogP contribution in [-0.2, 0) is 4.74 Å². The third-order valence-electron chi connectivity index (χ3n) is 4.26. The van der Waals surface area contributed by atoms with Gasteiger partial charge in [-0.05, 0) is 43.9 Å². The molecule has 0 spiro atoms. The van der Waals surface area contributed by atoms with Gasteiger partial charge in [-0.15, -0.1) is 0 Å². The fourth-order valence-electron chi connectivity index (χ4n) is 2.84. The van der Waals surface area contributed by atoms with Gasteiger partial charge in [-0.3, -0.25) is 0 Å². The number of nitrogens with one attached hydrogen (secondary N) is 1. The lowest BCUT2D eigenvalue weighted by Gasteiger charge is -2.33. The van der Waals surface area contributed by atoms with Gasteiger partial charge < -0.3 is 10.1 Å². The van der Waals surface area contributed by atoms with Gasteiger partial charge >= 0.3 is 0 Å². The Bertz CT molecular complexity index is 189. The first-order valence-electron chi connectivity index (χ1n) is 6.60. The molecule has 15 heavy (non-hydrogen) atoms. The van der Waals surface area contributed by atoms with Crippen LogP contribution in [0.3, 0.4) is 0 Å². The minimum Gasteiger partial charge on any atom is -0.377 e. The van der Waals surface area contributed by atoms with Gasteiger partial charge in [-0.25, -0.2) is 0 Å². The van der Waals surface area contributed by atoms with Crippen LogP contribution in [0.15, 0.2) is 0 Å². The highest BCUT2D eigenvalue weighted by atomic mass is 16.5. The molecule has 4 atom stereocenters. The van der Waals surface area contributed by atoms with Gasteiger partial charge in [0.15, 0.2) is 0 Å². The summed E-state index contributed by atoms with van der Waals surface area (Å²) in [6.45, 7) is 6.84. The molecule has 0 radical (unpaired) electrons. The van der Waals surface area contributed by atoms with Crippen LogP contribution < -0.4 is 5.32 Å². The van der Waals surface area contributed by atoms with Gasteiger partial charge in [-0.1, -0.05) is 13.8 Å². The Morgan fingerprint density at radius 1 is 1.13 bits per heavy atom. The van der Waals surface area contributed by atoms with Gasteiger partial charge in [0.2, 0.25) is 0 Å². The van der Waals surface area contributed by atoms with Gasteiger partial charge in [0.1, 0.15) is 0 Å². The maximum Gasteiger partial charge on any atom is 0.0700 e. The summed E-state index contributed by atoms with van der Waals surface area (Å²) >= 11 is 0. The summed E-state index contributed by atoms with van der Waals surface area (Å²) in [6, 6.07) is 0.750. The molecule has 1 aliphatic heterocycles. The van der Waals surface area contributed by atoms with E-state index in [0.29, 0.717) is 6.10 Å². The van der Waals surface area contributed by atoms with Crippen molar-refractivity contribution >= 4 is 0 Å². The maximum atomic E-state index is 5.63. The molecule has 2 aliphatic rings. The van der Waals surface area contributed by atoms with E-state index in [2.05, 4.69) is 19.2 Å². The number of ether oxygens (including phenoxy) is 1. The average molecular weight is 211 g/mol. The molecule has 0 aromatic heterocycles. The minimum atomic E-state index is 0.500. The second kappa shape index (κ2) is 5.31. The number of hydrogen-bond acceptors (Lipinski definition) is 2. The first-order valence-corrected chi connectivity index (χ1v) is 6.60. The summed E-state index contributed by atoms with van der Waals surface area (Å²) in [5, 5.41) is 3.69. The zero-order valence-electron chi connectivity index (χ0n) is 10.2. The molecule has 2 heteroatoms. The zero-order valence-corrected chi connectivity index (χ0v) is 10.2. The van der Waals surface area contributed by atoms with Crippen LogP contribution in [-0.4, -0.2) is 25.3 Å². The van der Waals surface area contributed by atoms with E-state index in [0.717, 1.165) is 31.0 Å². The maximum absolute atomic E-state index is 5.63. The quantitative estimate of drug-likeness (QED) is 0.774. The van der Waals surface area contributed by atoms with Crippen LogP contribution in [0, 0.1) is 11.8 Å². The fourth-order valence-corrected chi connectivity index (χ4v) is 2.84. The SMILES string of the molecule is C[C@@H]1CC[C@H](NC[C@H]2CCCO2)C[C@H]1C. The lowest BCUT2D eigenvalue weighted by molar-refractivity contribution is 0.102. The highest BCUT2D eigenvalue weighted by Gasteiger charge is 2.25. The molecule has 88 valence electrons. The Morgan fingerprint density at radius 2 is 2.00 bits per heavy atom. The van der Waals surface area contributed by atoms with Gasteiger partial charge in [-0.2, -0.15) is 0 Å². The summed E-state index contributed by atoms with van der Waals surface area (Å²) in [7, 11) is 0. The van der Waals surface area contributed by atoms with E-state index < -0.39 is 0 Å². The smallest absolute Gasteiger partial charge is 0.0700 e. The van der Waals surface area contributed by atoms with Crippen LogP contribution in [0.2, 0.25) is 0 Å². The molecule has 2 rings (SSSR count). The van der Waals surface area contributed by atoms with Gasteiger partial charge in [0.05, 0.1) is 6.10 Å². The van der Waals surface area contributed by atoms with Gasteiger partial charge in [0, 0.05) is 19.2 Å². The Kier molecular flexibility index (Phi) is 4.04. The largest absolute Gasteiger partial charge is 0.377 e. The van der Waals surface area contributed by atoms with Crippen molar-refractivity contribution < 1.29 is 4.74 Å². The molecule has 2 nitrogen and oxygen atoms in total. The summed E-state index contributed by atoms with van der Waals surface area (Å²) in [6.07, 6.45) is 7.12. The van der Waals surface area contributed by atoms with E-state index >= 15 is 0 Å². The molecular formula is C13H25NO. The second-order valence-electron chi connectivity index (χ2n) is 5.51. The number of rotatable bonds is 3. The molecule has 0 aromatic carbocycles. The standard InChI is InChI=1S/C13H25NO/c1-10-5-6-12(8-11(10)2)14-9-13-4-3-7-15-13/h10-14H,3-9H2,1-2H3/t10-,11-,12+,13-/m1/s1. The molecule has 0 aromatic rings. The minimum absolute atomic E-state index is 0.500. The van der Waals surface area contributed by atoms with Crippen LogP contribution >= 0.6 is 0 Å². The molecular weight excluding hydrogens is 186 g/mol. The van der Waals surface area contributed by atoms with Crippen LogP contribution in [0.4, 0.5) is 0 Å². The van der Waals surface area contributed by atoms with Gasteiger partial charge in [0.25, 0.3) is 0 Å². The first kappa shape index (κ1) is 11.4. The topological polar surface area (TPSA) is 21.3 Å². The molecule has 1 saturated heterocycles. The zero-order chi connectivity index (χ0) is 10.7. The van der Waals surface area contributed by atoms with E-state index in [-0.39, 0.29) is 0 Å². The molecule has 1 N–H and O–H groups in total. The van der Waals surface area contributed by atoms with E-state index in [1.54, 1.807) is 0 Å². The lowest BCUT2D eigenvalue weighted by atomic mass is 9.79. The highest BCUT2D eigenvalue weighted by Crippen LogP contribution is 2.29. The van der Waals surface area contributed by atoms with Crippen molar-refractivity contribution in [2.24, 2.45) is 11.8 Å². The molecule has 1 aliphatic carbocycles. The normalized spacial score (nSPS) is 42.0. The van der Waals surface area contributed by atoms with E-state index in [1.165, 1.54) is 32.1 Å². The summed E-state index contributed by atoms with van der Waals surface area (Å²) in [5.74, 6) is 1.81. The van der Waals surface area contributed by atoms with Crippen molar-refractivity contribution in [1.82, 2.24) is 5.32 Å². The first-order chi connectivity index (χ1) is 7.25. The van der Waals surface area contributed by atoms with Crippen LogP contribution in [0.25, 0.3) is 0 Å². The van der Waals surface area contributed by atoms with Crippen molar-refractivity contribution in [2.45, 2.75) is 58.1 Å². The van der Waals surface area contributed by atoms with Crippen molar-refractivity contribution in [3.63, 3.8) is 0 Å². The van der Waals surface area contributed by atoms with Crippen molar-refractivity contribution in [1.29, 1.82) is 0 Å². The second-order valence-corrected chi connectivity index (χ2v) is 5.51. The Hall–Kier alpha value is -0.0800. The summed E-state index contributed by atoms with van der Waals surface area (Å²) in [4.78, 5) is 0. The fraction of sp³-hybridized carbons (Fsp3) is 1.00. The van der Waals surface area contributed by atoms with Crippen molar-refractivity contribution in [2.75, 3.05) is 13.2 Å². The molecule has 1 saturated carbocycles. The average Bonchev–Trinajstić information content (AvgIpc) is 2.73. The monoisotopic (exact) mass is 211 g/mol. The Balaban J connectivity index is 1.66. The molecule has 1 heterocycles. The third kappa shape index (κ3) is 3.18. The number of hydrogen-bond donors (Lipinski definition) is 1. The van der Waals surface area contributed by atoms with Crippen molar-refractivity contribution in [3.8, 4) is 0 Å². The molecule has 2 fully saturated rings.